The van der Waals surface area contributed by atoms with E-state index in [1.54, 1.807) is 7.11 Å². The molecule has 0 unspecified atom stereocenters. The van der Waals surface area contributed by atoms with Gasteiger partial charge in [-0.05, 0) is 49.1 Å². The predicted octanol–water partition coefficient (Wildman–Crippen LogP) is 3.56. The fourth-order valence-electron chi connectivity index (χ4n) is 3.69. The Kier molecular flexibility index (Phi) is 3.21. The zero-order valence-electron chi connectivity index (χ0n) is 12.9. The van der Waals surface area contributed by atoms with Crippen molar-refractivity contribution >= 4 is 5.71 Å². The van der Waals surface area contributed by atoms with Gasteiger partial charge in [0.05, 0.1) is 23.9 Å². The maximum atomic E-state index is 5.43. The summed E-state index contributed by atoms with van der Waals surface area (Å²) in [6.07, 6.45) is 6.43. The number of nitrogens with zero attached hydrogens (tertiary/aromatic N) is 2. The van der Waals surface area contributed by atoms with Crippen LogP contribution >= 0.6 is 0 Å². The Morgan fingerprint density at radius 2 is 2.05 bits per heavy atom. The monoisotopic (exact) mass is 292 g/mol. The second kappa shape index (κ2) is 5.24. The van der Waals surface area contributed by atoms with E-state index in [4.69, 9.17) is 9.73 Å². The number of hydrogen-bond donors (Lipinski definition) is 0. The summed E-state index contributed by atoms with van der Waals surface area (Å²) >= 11 is 0. The average molecular weight is 292 g/mol. The van der Waals surface area contributed by atoms with Crippen molar-refractivity contribution in [2.45, 2.75) is 31.1 Å². The summed E-state index contributed by atoms with van der Waals surface area (Å²) in [6, 6.07) is 12.6. The van der Waals surface area contributed by atoms with Crippen molar-refractivity contribution in [3.05, 3.63) is 59.4 Å². The lowest BCUT2D eigenvalue weighted by atomic mass is 9.61. The predicted molar refractivity (Wildman–Crippen MR) is 87.9 cm³/mol. The van der Waals surface area contributed by atoms with Crippen molar-refractivity contribution in [2.75, 3.05) is 13.7 Å². The molecular formula is C19H20N2O. The van der Waals surface area contributed by atoms with Gasteiger partial charge in [-0.1, -0.05) is 18.6 Å². The highest BCUT2D eigenvalue weighted by atomic mass is 16.5. The van der Waals surface area contributed by atoms with Crippen LogP contribution in [0.4, 0.5) is 0 Å². The van der Waals surface area contributed by atoms with Gasteiger partial charge in [-0.15, -0.1) is 0 Å². The lowest BCUT2D eigenvalue weighted by Gasteiger charge is -2.44. The lowest BCUT2D eigenvalue weighted by Crippen LogP contribution is -2.45. The number of benzene rings is 1. The molecule has 0 atom stereocenters. The number of fused-ring (bicyclic) bond motifs is 1. The molecule has 3 heteroatoms. The minimum absolute atomic E-state index is 0.00277. The fraction of sp³-hybridized carbons (Fsp3) is 0.368. The summed E-state index contributed by atoms with van der Waals surface area (Å²) in [6.45, 7) is 0.878. The van der Waals surface area contributed by atoms with Crippen molar-refractivity contribution in [1.82, 2.24) is 4.98 Å². The first-order valence-electron chi connectivity index (χ1n) is 7.97. The minimum atomic E-state index is 0.00277. The Balaban J connectivity index is 1.84. The second-order valence-corrected chi connectivity index (χ2v) is 6.15. The van der Waals surface area contributed by atoms with E-state index in [-0.39, 0.29) is 5.41 Å². The van der Waals surface area contributed by atoms with Crippen LogP contribution in [0, 0.1) is 0 Å². The Labute approximate surface area is 131 Å². The summed E-state index contributed by atoms with van der Waals surface area (Å²) in [5.74, 6) is 0.906. The van der Waals surface area contributed by atoms with Crippen molar-refractivity contribution in [2.24, 2.45) is 4.99 Å². The largest absolute Gasteiger partial charge is 0.497 e. The maximum Gasteiger partial charge on any atom is 0.119 e. The molecule has 2 aliphatic rings. The van der Waals surface area contributed by atoms with E-state index < -0.39 is 0 Å². The highest BCUT2D eigenvalue weighted by Crippen LogP contribution is 2.47. The molecule has 0 amide bonds. The quantitative estimate of drug-likeness (QED) is 0.867. The first-order valence-corrected chi connectivity index (χ1v) is 7.97. The van der Waals surface area contributed by atoms with Gasteiger partial charge in [-0.2, -0.15) is 0 Å². The van der Waals surface area contributed by atoms with Crippen LogP contribution in [0.5, 0.6) is 5.75 Å². The molecule has 0 bridgehead atoms. The molecule has 112 valence electrons. The van der Waals surface area contributed by atoms with E-state index in [0.29, 0.717) is 0 Å². The molecule has 1 aliphatic heterocycles. The first kappa shape index (κ1) is 13.5. The van der Waals surface area contributed by atoms with Crippen LogP contribution in [0.15, 0.2) is 47.6 Å². The van der Waals surface area contributed by atoms with Gasteiger partial charge in [0.15, 0.2) is 0 Å². The van der Waals surface area contributed by atoms with Gasteiger partial charge in [0.25, 0.3) is 0 Å². The molecule has 4 rings (SSSR count). The van der Waals surface area contributed by atoms with Crippen LogP contribution in [0.25, 0.3) is 0 Å². The molecule has 0 N–H and O–H groups in total. The molecule has 1 saturated carbocycles. The third-order valence-corrected chi connectivity index (χ3v) is 5.04. The molecule has 0 saturated heterocycles. The molecule has 2 aromatic rings. The number of pyridine rings is 1. The van der Waals surface area contributed by atoms with E-state index in [1.165, 1.54) is 23.3 Å². The van der Waals surface area contributed by atoms with Gasteiger partial charge in [-0.25, -0.2) is 0 Å². The third kappa shape index (κ3) is 1.96. The van der Waals surface area contributed by atoms with Crippen molar-refractivity contribution in [1.29, 1.82) is 0 Å². The van der Waals surface area contributed by atoms with E-state index in [2.05, 4.69) is 35.3 Å². The van der Waals surface area contributed by atoms with E-state index >= 15 is 0 Å². The molecule has 2 heterocycles. The SMILES string of the molecule is COc1ccc2c(c1)C(C1(c3ccccn3)CCC1)=NCC2. The van der Waals surface area contributed by atoms with Gasteiger partial charge in [-0.3, -0.25) is 9.98 Å². The van der Waals surface area contributed by atoms with E-state index in [0.717, 1.165) is 37.3 Å². The second-order valence-electron chi connectivity index (χ2n) is 6.15. The zero-order chi connectivity index (χ0) is 15.0. The molecule has 1 fully saturated rings. The van der Waals surface area contributed by atoms with Crippen molar-refractivity contribution in [3.8, 4) is 5.75 Å². The summed E-state index contributed by atoms with van der Waals surface area (Å²) in [5, 5.41) is 0. The first-order chi connectivity index (χ1) is 10.8. The number of rotatable bonds is 3. The third-order valence-electron chi connectivity index (χ3n) is 5.04. The minimum Gasteiger partial charge on any atom is -0.497 e. The number of ether oxygens (including phenoxy) is 1. The van der Waals surface area contributed by atoms with Gasteiger partial charge < -0.3 is 4.74 Å². The van der Waals surface area contributed by atoms with Crippen LogP contribution in [0.1, 0.15) is 36.1 Å². The number of methoxy groups -OCH3 is 1. The molecule has 1 aromatic heterocycles. The molecular weight excluding hydrogens is 272 g/mol. The number of aliphatic imine (C=N–C) groups is 1. The topological polar surface area (TPSA) is 34.5 Å². The summed E-state index contributed by atoms with van der Waals surface area (Å²) in [7, 11) is 1.72. The molecule has 1 aliphatic carbocycles. The van der Waals surface area contributed by atoms with E-state index in [1.807, 2.05) is 12.3 Å². The Bertz CT molecular complexity index is 717. The van der Waals surface area contributed by atoms with Gasteiger partial charge in [0.2, 0.25) is 0 Å². The summed E-state index contributed by atoms with van der Waals surface area (Å²) in [5.41, 5.74) is 5.03. The van der Waals surface area contributed by atoms with Crippen molar-refractivity contribution in [3.63, 3.8) is 0 Å². The molecule has 0 spiro atoms. The highest BCUT2D eigenvalue weighted by molar-refractivity contribution is 6.10. The smallest absolute Gasteiger partial charge is 0.119 e. The summed E-state index contributed by atoms with van der Waals surface area (Å²) < 4.78 is 5.43. The Morgan fingerprint density at radius 3 is 2.73 bits per heavy atom. The van der Waals surface area contributed by atoms with Crippen LogP contribution in [0.3, 0.4) is 0 Å². The number of hydrogen-bond acceptors (Lipinski definition) is 3. The zero-order valence-corrected chi connectivity index (χ0v) is 12.9. The van der Waals surface area contributed by atoms with Gasteiger partial charge >= 0.3 is 0 Å². The van der Waals surface area contributed by atoms with Crippen LogP contribution in [0.2, 0.25) is 0 Å². The molecule has 0 radical (unpaired) electrons. The molecule has 3 nitrogen and oxygen atoms in total. The highest BCUT2D eigenvalue weighted by Gasteiger charge is 2.46. The number of aromatic nitrogens is 1. The maximum absolute atomic E-state index is 5.43. The van der Waals surface area contributed by atoms with Crippen molar-refractivity contribution < 1.29 is 4.74 Å². The normalized spacial score (nSPS) is 18.9. The van der Waals surface area contributed by atoms with Gasteiger partial charge in [0.1, 0.15) is 5.75 Å². The fourth-order valence-corrected chi connectivity index (χ4v) is 3.69. The van der Waals surface area contributed by atoms with Crippen LogP contribution < -0.4 is 4.74 Å². The van der Waals surface area contributed by atoms with E-state index in [9.17, 15) is 0 Å². The molecule has 22 heavy (non-hydrogen) atoms. The van der Waals surface area contributed by atoms with Crippen LogP contribution in [-0.4, -0.2) is 24.4 Å². The standard InChI is InChI=1S/C19H20N2O/c1-22-15-7-6-14-8-12-21-18(16(14)13-15)19(9-4-10-19)17-5-2-3-11-20-17/h2-3,5-7,11,13H,4,8-10,12H2,1H3. The summed E-state index contributed by atoms with van der Waals surface area (Å²) in [4.78, 5) is 9.59. The molecule has 1 aromatic carbocycles. The average Bonchev–Trinajstić information content (AvgIpc) is 2.55. The lowest BCUT2D eigenvalue weighted by molar-refractivity contribution is 0.331. The van der Waals surface area contributed by atoms with Crippen LogP contribution in [-0.2, 0) is 11.8 Å². The Hall–Kier alpha value is -2.16. The Morgan fingerprint density at radius 1 is 1.14 bits per heavy atom. The van der Waals surface area contributed by atoms with Gasteiger partial charge in [0, 0.05) is 18.3 Å².